The highest BCUT2D eigenvalue weighted by atomic mass is 16.3. The second-order valence-electron chi connectivity index (χ2n) is 6.05. The first kappa shape index (κ1) is 14.4. The van der Waals surface area contributed by atoms with E-state index < -0.39 is 0 Å². The van der Waals surface area contributed by atoms with Crippen molar-refractivity contribution in [3.05, 3.63) is 23.7 Å². The number of nitrogens with one attached hydrogen (secondary N) is 1. The van der Waals surface area contributed by atoms with Crippen LogP contribution in [0.2, 0.25) is 0 Å². The molecule has 1 saturated carbocycles. The summed E-state index contributed by atoms with van der Waals surface area (Å²) in [5.74, 6) is 1.02. The van der Waals surface area contributed by atoms with Crippen LogP contribution >= 0.6 is 0 Å². The van der Waals surface area contributed by atoms with E-state index in [0.29, 0.717) is 6.04 Å². The number of aliphatic hydroxyl groups is 1. The van der Waals surface area contributed by atoms with Gasteiger partial charge in [0, 0.05) is 31.2 Å². The summed E-state index contributed by atoms with van der Waals surface area (Å²) >= 11 is 0. The van der Waals surface area contributed by atoms with Crippen LogP contribution < -0.4 is 5.32 Å². The van der Waals surface area contributed by atoms with E-state index in [0.717, 1.165) is 62.8 Å². The average Bonchev–Trinajstić information content (AvgIpc) is 3.20. The molecular formula is C16H24N2O3. The van der Waals surface area contributed by atoms with E-state index in [2.05, 4.69) is 5.32 Å². The smallest absolute Gasteiger partial charge is 0.318 e. The highest BCUT2D eigenvalue weighted by molar-refractivity contribution is 5.75. The number of hydrogen-bond acceptors (Lipinski definition) is 3. The van der Waals surface area contributed by atoms with Crippen LogP contribution in [0.15, 0.2) is 16.7 Å². The summed E-state index contributed by atoms with van der Waals surface area (Å²) < 4.78 is 5.47. The van der Waals surface area contributed by atoms with Gasteiger partial charge in [-0.25, -0.2) is 4.79 Å². The van der Waals surface area contributed by atoms with Crippen LogP contribution in [0.1, 0.15) is 55.9 Å². The molecular weight excluding hydrogens is 268 g/mol. The molecule has 0 bridgehead atoms. The lowest BCUT2D eigenvalue weighted by Gasteiger charge is -2.28. The van der Waals surface area contributed by atoms with Crippen LogP contribution in [-0.4, -0.2) is 35.2 Å². The van der Waals surface area contributed by atoms with Crippen LogP contribution in [0.3, 0.4) is 0 Å². The number of carbonyl (C=O) groups excluding carboxylic acids is 1. The minimum absolute atomic E-state index is 0.0366. The zero-order valence-electron chi connectivity index (χ0n) is 12.4. The quantitative estimate of drug-likeness (QED) is 0.792. The SMILES string of the molecule is O=C(NC1CCCc2occc21)N(CCCCO)C1CC1. The molecule has 1 aromatic rings. The molecule has 2 aliphatic carbocycles. The third-order valence-corrected chi connectivity index (χ3v) is 4.41. The molecule has 3 rings (SSSR count). The summed E-state index contributed by atoms with van der Waals surface area (Å²) in [6.07, 6.45) is 8.55. The van der Waals surface area contributed by atoms with Crippen LogP contribution in [0.5, 0.6) is 0 Å². The minimum Gasteiger partial charge on any atom is -0.469 e. The van der Waals surface area contributed by atoms with Gasteiger partial charge in [-0.3, -0.25) is 0 Å². The van der Waals surface area contributed by atoms with Crippen molar-refractivity contribution in [2.75, 3.05) is 13.2 Å². The summed E-state index contributed by atoms with van der Waals surface area (Å²) in [6, 6.07) is 2.50. The molecule has 2 aliphatic rings. The topological polar surface area (TPSA) is 65.7 Å². The van der Waals surface area contributed by atoms with Gasteiger partial charge in [0.15, 0.2) is 0 Å². The van der Waals surface area contributed by atoms with Crippen LogP contribution in [0, 0.1) is 0 Å². The largest absolute Gasteiger partial charge is 0.469 e. The van der Waals surface area contributed by atoms with Crippen molar-refractivity contribution in [1.82, 2.24) is 10.2 Å². The van der Waals surface area contributed by atoms with Crippen LogP contribution in [-0.2, 0) is 6.42 Å². The molecule has 5 nitrogen and oxygen atoms in total. The first-order valence-electron chi connectivity index (χ1n) is 8.04. The minimum atomic E-state index is 0.0366. The van der Waals surface area contributed by atoms with Crippen molar-refractivity contribution < 1.29 is 14.3 Å². The van der Waals surface area contributed by atoms with E-state index in [1.807, 2.05) is 11.0 Å². The number of urea groups is 1. The molecule has 21 heavy (non-hydrogen) atoms. The number of fused-ring (bicyclic) bond motifs is 1. The van der Waals surface area contributed by atoms with Crippen molar-refractivity contribution in [2.45, 2.75) is 57.0 Å². The highest BCUT2D eigenvalue weighted by Gasteiger charge is 2.34. The fraction of sp³-hybridized carbons (Fsp3) is 0.688. The fourth-order valence-electron chi connectivity index (χ4n) is 3.10. The Morgan fingerprint density at radius 2 is 2.24 bits per heavy atom. The first-order chi connectivity index (χ1) is 10.3. The van der Waals surface area contributed by atoms with Gasteiger partial charge in [0.25, 0.3) is 0 Å². The van der Waals surface area contributed by atoms with Crippen molar-refractivity contribution >= 4 is 6.03 Å². The van der Waals surface area contributed by atoms with Crippen molar-refractivity contribution in [1.29, 1.82) is 0 Å². The summed E-state index contributed by atoms with van der Waals surface area (Å²) in [5, 5.41) is 12.1. The number of aryl methyl sites for hydroxylation is 1. The third-order valence-electron chi connectivity index (χ3n) is 4.41. The Kier molecular flexibility index (Phi) is 4.48. The number of aliphatic hydroxyl groups excluding tert-OH is 1. The zero-order chi connectivity index (χ0) is 14.7. The molecule has 0 aromatic carbocycles. The van der Waals surface area contributed by atoms with Gasteiger partial charge in [-0.1, -0.05) is 0 Å². The molecule has 5 heteroatoms. The Bertz CT molecular complexity index is 482. The number of unbranched alkanes of at least 4 members (excludes halogenated alkanes) is 1. The number of hydrogen-bond donors (Lipinski definition) is 2. The Labute approximate surface area is 125 Å². The summed E-state index contributed by atoms with van der Waals surface area (Å²) in [6.45, 7) is 0.934. The normalized spacial score (nSPS) is 20.9. The molecule has 0 aliphatic heterocycles. The highest BCUT2D eigenvalue weighted by Crippen LogP contribution is 2.32. The van der Waals surface area contributed by atoms with Gasteiger partial charge in [0.05, 0.1) is 12.3 Å². The van der Waals surface area contributed by atoms with Gasteiger partial charge in [-0.05, 0) is 44.6 Å². The second kappa shape index (κ2) is 6.52. The van der Waals surface area contributed by atoms with Crippen LogP contribution in [0.25, 0.3) is 0 Å². The number of carbonyl (C=O) groups is 1. The van der Waals surface area contributed by atoms with Gasteiger partial charge in [0.1, 0.15) is 5.76 Å². The zero-order valence-corrected chi connectivity index (χ0v) is 12.4. The van der Waals surface area contributed by atoms with E-state index in [-0.39, 0.29) is 18.7 Å². The Balaban J connectivity index is 1.60. The van der Waals surface area contributed by atoms with E-state index in [1.54, 1.807) is 6.26 Å². The van der Waals surface area contributed by atoms with Crippen molar-refractivity contribution in [3.8, 4) is 0 Å². The van der Waals surface area contributed by atoms with Crippen LogP contribution in [0.4, 0.5) is 4.79 Å². The number of rotatable bonds is 6. The fourth-order valence-corrected chi connectivity index (χ4v) is 3.10. The predicted molar refractivity (Wildman–Crippen MR) is 79.0 cm³/mol. The molecule has 1 unspecified atom stereocenters. The molecule has 0 spiro atoms. The van der Waals surface area contributed by atoms with Gasteiger partial charge in [-0.2, -0.15) is 0 Å². The standard InChI is InChI=1S/C16H24N2O3/c19-10-2-1-9-18(12-6-7-12)16(20)17-14-4-3-5-15-13(14)8-11-21-15/h8,11-12,14,19H,1-7,9-10H2,(H,17,20). The Morgan fingerprint density at radius 1 is 1.38 bits per heavy atom. The van der Waals surface area contributed by atoms with Gasteiger partial charge < -0.3 is 19.7 Å². The molecule has 0 saturated heterocycles. The molecule has 2 N–H and O–H groups in total. The van der Waals surface area contributed by atoms with E-state index in [4.69, 9.17) is 9.52 Å². The number of amides is 2. The molecule has 1 heterocycles. The molecule has 1 aromatic heterocycles. The van der Waals surface area contributed by atoms with Gasteiger partial charge in [0.2, 0.25) is 0 Å². The van der Waals surface area contributed by atoms with E-state index in [1.165, 1.54) is 0 Å². The van der Waals surface area contributed by atoms with Gasteiger partial charge >= 0.3 is 6.03 Å². The molecule has 1 fully saturated rings. The lowest BCUT2D eigenvalue weighted by atomic mass is 9.93. The number of nitrogens with zero attached hydrogens (tertiary/aromatic N) is 1. The van der Waals surface area contributed by atoms with E-state index in [9.17, 15) is 4.79 Å². The van der Waals surface area contributed by atoms with E-state index >= 15 is 0 Å². The monoisotopic (exact) mass is 292 g/mol. The maximum Gasteiger partial charge on any atom is 0.318 e. The van der Waals surface area contributed by atoms with Crippen molar-refractivity contribution in [2.24, 2.45) is 0 Å². The molecule has 2 amide bonds. The summed E-state index contributed by atoms with van der Waals surface area (Å²) in [4.78, 5) is 14.5. The third kappa shape index (κ3) is 3.40. The Hall–Kier alpha value is -1.49. The lowest BCUT2D eigenvalue weighted by molar-refractivity contribution is 0.185. The first-order valence-corrected chi connectivity index (χ1v) is 8.04. The van der Waals surface area contributed by atoms with Gasteiger partial charge in [-0.15, -0.1) is 0 Å². The van der Waals surface area contributed by atoms with Crippen molar-refractivity contribution in [3.63, 3.8) is 0 Å². The molecule has 0 radical (unpaired) electrons. The molecule has 116 valence electrons. The summed E-state index contributed by atoms with van der Waals surface area (Å²) in [5.41, 5.74) is 1.14. The maximum absolute atomic E-state index is 12.5. The molecule has 1 atom stereocenters. The second-order valence-corrected chi connectivity index (χ2v) is 6.05. The number of furan rings is 1. The summed E-state index contributed by atoms with van der Waals surface area (Å²) in [7, 11) is 0. The maximum atomic E-state index is 12.5. The Morgan fingerprint density at radius 3 is 3.00 bits per heavy atom. The average molecular weight is 292 g/mol. The predicted octanol–water partition coefficient (Wildman–Crippen LogP) is 2.60. The lowest BCUT2D eigenvalue weighted by Crippen LogP contribution is -2.44.